The van der Waals surface area contributed by atoms with Crippen LogP contribution in [0.1, 0.15) is 5.56 Å². The van der Waals surface area contributed by atoms with Gasteiger partial charge in [-0.15, -0.1) is 0 Å². The molecule has 0 aliphatic rings. The van der Waals surface area contributed by atoms with Gasteiger partial charge in [0, 0.05) is 11.5 Å². The second-order valence-electron chi connectivity index (χ2n) is 2.45. The smallest absolute Gasteiger partial charge is 0.141 e. The molecule has 0 saturated carbocycles. The van der Waals surface area contributed by atoms with Crippen LogP contribution in [0.15, 0.2) is 23.3 Å². The van der Waals surface area contributed by atoms with Crippen LogP contribution in [0.4, 0.5) is 4.39 Å². The van der Waals surface area contributed by atoms with Crippen LogP contribution in [0.5, 0.6) is 0 Å². The molecule has 0 aliphatic heterocycles. The number of hydrogen-bond donors (Lipinski definition) is 0. The lowest BCUT2D eigenvalue weighted by molar-refractivity contribution is 0.627. The van der Waals surface area contributed by atoms with Crippen LogP contribution < -0.4 is 0 Å². The molecule has 0 spiro atoms. The third-order valence-corrected chi connectivity index (χ3v) is 1.84. The number of nitrogens with zero attached hydrogens (tertiary/aromatic N) is 3. The van der Waals surface area contributed by atoms with E-state index in [-0.39, 0.29) is 5.02 Å². The van der Waals surface area contributed by atoms with Crippen molar-refractivity contribution in [2.75, 3.05) is 6.54 Å². The van der Waals surface area contributed by atoms with E-state index < -0.39 is 5.82 Å². The largest absolute Gasteiger partial charge is 0.205 e. The summed E-state index contributed by atoms with van der Waals surface area (Å²) in [6.07, 6.45) is 0.573. The minimum atomic E-state index is -0.436. The molecule has 5 heteroatoms. The molecule has 0 fully saturated rings. The topological polar surface area (TPSA) is 48.8 Å². The molecular weight excluding hydrogens is 193 g/mol. The minimum Gasteiger partial charge on any atom is -0.205 e. The molecule has 0 N–H and O–H groups in total. The SMILES string of the molecule is [N-]=[N+]=NCCc1ccc(F)c(Cl)c1. The predicted molar refractivity (Wildman–Crippen MR) is 49.1 cm³/mol. The van der Waals surface area contributed by atoms with Crippen LogP contribution in [0.3, 0.4) is 0 Å². The van der Waals surface area contributed by atoms with Gasteiger partial charge in [0.15, 0.2) is 0 Å². The second kappa shape index (κ2) is 4.70. The average Bonchev–Trinajstić information content (AvgIpc) is 2.12. The second-order valence-corrected chi connectivity index (χ2v) is 2.86. The van der Waals surface area contributed by atoms with E-state index in [1.807, 2.05) is 0 Å². The van der Waals surface area contributed by atoms with Crippen molar-refractivity contribution >= 4 is 11.6 Å². The molecule has 1 aromatic rings. The fourth-order valence-electron chi connectivity index (χ4n) is 0.919. The molecule has 0 atom stereocenters. The molecule has 0 bridgehead atoms. The van der Waals surface area contributed by atoms with Crippen molar-refractivity contribution in [2.45, 2.75) is 6.42 Å². The molecule has 0 unspecified atom stereocenters. The van der Waals surface area contributed by atoms with Crippen molar-refractivity contribution in [3.8, 4) is 0 Å². The summed E-state index contributed by atoms with van der Waals surface area (Å²) in [4.78, 5) is 2.61. The lowest BCUT2D eigenvalue weighted by Gasteiger charge is -1.99. The number of halogens is 2. The first-order valence-electron chi connectivity index (χ1n) is 3.69. The number of azide groups is 1. The van der Waals surface area contributed by atoms with Crippen molar-refractivity contribution in [1.82, 2.24) is 0 Å². The maximum Gasteiger partial charge on any atom is 0.141 e. The molecule has 1 aromatic carbocycles. The van der Waals surface area contributed by atoms with Crippen molar-refractivity contribution in [2.24, 2.45) is 5.11 Å². The van der Waals surface area contributed by atoms with Crippen LogP contribution >= 0.6 is 11.6 Å². The zero-order valence-electron chi connectivity index (χ0n) is 6.74. The third-order valence-electron chi connectivity index (χ3n) is 1.55. The first-order valence-corrected chi connectivity index (χ1v) is 4.06. The fraction of sp³-hybridized carbons (Fsp3) is 0.250. The van der Waals surface area contributed by atoms with E-state index in [2.05, 4.69) is 10.0 Å². The van der Waals surface area contributed by atoms with Gasteiger partial charge in [-0.1, -0.05) is 22.8 Å². The van der Waals surface area contributed by atoms with Gasteiger partial charge in [-0.05, 0) is 29.6 Å². The Morgan fingerprint density at radius 2 is 2.31 bits per heavy atom. The molecular formula is C8H7ClFN3. The van der Waals surface area contributed by atoms with Gasteiger partial charge < -0.3 is 0 Å². The standard InChI is InChI=1S/C8H7ClFN3/c9-7-5-6(1-2-8(7)10)3-4-12-13-11/h1-2,5H,3-4H2. The van der Waals surface area contributed by atoms with Crippen molar-refractivity contribution in [1.29, 1.82) is 0 Å². The summed E-state index contributed by atoms with van der Waals surface area (Å²) in [5.41, 5.74) is 8.88. The highest BCUT2D eigenvalue weighted by Crippen LogP contribution is 2.16. The van der Waals surface area contributed by atoms with Gasteiger partial charge in [0.1, 0.15) is 5.82 Å². The minimum absolute atomic E-state index is 0.0958. The van der Waals surface area contributed by atoms with Crippen LogP contribution in [0, 0.1) is 5.82 Å². The zero-order valence-corrected chi connectivity index (χ0v) is 7.50. The van der Waals surface area contributed by atoms with E-state index in [0.29, 0.717) is 13.0 Å². The Morgan fingerprint density at radius 3 is 2.92 bits per heavy atom. The Bertz CT molecular complexity index is 347. The first-order chi connectivity index (χ1) is 6.24. The molecule has 0 heterocycles. The van der Waals surface area contributed by atoms with Crippen LogP contribution in [0.25, 0.3) is 10.4 Å². The van der Waals surface area contributed by atoms with Crippen molar-refractivity contribution in [3.63, 3.8) is 0 Å². The number of benzene rings is 1. The summed E-state index contributed by atoms with van der Waals surface area (Å²) in [6, 6.07) is 4.45. The highest BCUT2D eigenvalue weighted by atomic mass is 35.5. The summed E-state index contributed by atoms with van der Waals surface area (Å²) in [5.74, 6) is -0.436. The van der Waals surface area contributed by atoms with Gasteiger partial charge in [-0.2, -0.15) is 0 Å². The summed E-state index contributed by atoms with van der Waals surface area (Å²) in [5, 5.41) is 3.46. The Kier molecular flexibility index (Phi) is 3.55. The van der Waals surface area contributed by atoms with E-state index in [1.54, 1.807) is 6.07 Å². The quantitative estimate of drug-likeness (QED) is 0.407. The number of hydrogen-bond acceptors (Lipinski definition) is 1. The summed E-state index contributed by atoms with van der Waals surface area (Å²) in [7, 11) is 0. The summed E-state index contributed by atoms with van der Waals surface area (Å²) < 4.78 is 12.7. The van der Waals surface area contributed by atoms with Crippen LogP contribution in [0.2, 0.25) is 5.02 Å². The zero-order chi connectivity index (χ0) is 9.68. The Balaban J connectivity index is 2.68. The van der Waals surface area contributed by atoms with Gasteiger partial charge in [0.05, 0.1) is 5.02 Å². The van der Waals surface area contributed by atoms with Crippen molar-refractivity contribution < 1.29 is 4.39 Å². The van der Waals surface area contributed by atoms with Gasteiger partial charge in [-0.3, -0.25) is 0 Å². The van der Waals surface area contributed by atoms with Gasteiger partial charge >= 0.3 is 0 Å². The molecule has 68 valence electrons. The molecule has 13 heavy (non-hydrogen) atoms. The van der Waals surface area contributed by atoms with E-state index in [4.69, 9.17) is 17.1 Å². The van der Waals surface area contributed by atoms with Crippen molar-refractivity contribution in [3.05, 3.63) is 45.0 Å². The number of rotatable bonds is 3. The summed E-state index contributed by atoms with van der Waals surface area (Å²) in [6.45, 7) is 0.360. The maximum atomic E-state index is 12.7. The predicted octanol–water partition coefficient (Wildman–Crippen LogP) is 3.33. The third kappa shape index (κ3) is 2.93. The van der Waals surface area contributed by atoms with Crippen LogP contribution in [-0.2, 0) is 6.42 Å². The van der Waals surface area contributed by atoms with E-state index in [1.165, 1.54) is 12.1 Å². The van der Waals surface area contributed by atoms with Gasteiger partial charge in [0.2, 0.25) is 0 Å². The molecule has 3 nitrogen and oxygen atoms in total. The van der Waals surface area contributed by atoms with Gasteiger partial charge in [0.25, 0.3) is 0 Å². The van der Waals surface area contributed by atoms with E-state index >= 15 is 0 Å². The molecule has 0 radical (unpaired) electrons. The average molecular weight is 200 g/mol. The van der Waals surface area contributed by atoms with E-state index in [0.717, 1.165) is 5.56 Å². The monoisotopic (exact) mass is 199 g/mol. The maximum absolute atomic E-state index is 12.7. The molecule has 0 aliphatic carbocycles. The molecule has 0 aromatic heterocycles. The Labute approximate surface area is 79.8 Å². The summed E-state index contributed by atoms with van der Waals surface area (Å²) >= 11 is 5.55. The van der Waals surface area contributed by atoms with Crippen LogP contribution in [-0.4, -0.2) is 6.54 Å². The molecule has 0 amide bonds. The highest BCUT2D eigenvalue weighted by Gasteiger charge is 1.99. The van der Waals surface area contributed by atoms with E-state index in [9.17, 15) is 4.39 Å². The van der Waals surface area contributed by atoms with Gasteiger partial charge in [-0.25, -0.2) is 4.39 Å². The normalized spacial score (nSPS) is 9.38. The first kappa shape index (κ1) is 9.84. The Hall–Kier alpha value is -1.25. The highest BCUT2D eigenvalue weighted by molar-refractivity contribution is 6.30. The molecule has 0 saturated heterocycles. The lowest BCUT2D eigenvalue weighted by atomic mass is 10.1. The lowest BCUT2D eigenvalue weighted by Crippen LogP contribution is -1.89. The molecule has 1 rings (SSSR count). The fourth-order valence-corrected chi connectivity index (χ4v) is 1.12. The Morgan fingerprint density at radius 1 is 1.54 bits per heavy atom.